The van der Waals surface area contributed by atoms with Crippen LogP contribution >= 0.6 is 0 Å². The van der Waals surface area contributed by atoms with Crippen molar-refractivity contribution in [3.63, 3.8) is 0 Å². The molecule has 0 aliphatic carbocycles. The topological polar surface area (TPSA) is 47.6 Å². The van der Waals surface area contributed by atoms with Crippen molar-refractivity contribution in [1.82, 2.24) is 0 Å². The molecule has 0 aromatic rings. The largest absolute Gasteiger partial charge is 0.387 e. The van der Waals surface area contributed by atoms with Gasteiger partial charge in [-0.25, -0.2) is 0 Å². The van der Waals surface area contributed by atoms with Crippen LogP contribution in [-0.4, -0.2) is 25.6 Å². The maximum absolute atomic E-state index is 5.58. The Balaban J connectivity index is 2.08. The van der Waals surface area contributed by atoms with Gasteiger partial charge in [0.05, 0.1) is 5.84 Å². The Bertz CT molecular complexity index is 151. The van der Waals surface area contributed by atoms with Crippen LogP contribution in [-0.2, 0) is 4.74 Å². The second-order valence-electron chi connectivity index (χ2n) is 3.24. The van der Waals surface area contributed by atoms with E-state index < -0.39 is 0 Å². The lowest BCUT2D eigenvalue weighted by atomic mass is 10.1. The number of aliphatic imine (C=N–C) groups is 1. The van der Waals surface area contributed by atoms with Crippen LogP contribution in [0, 0.1) is 5.92 Å². The zero-order valence-electron chi connectivity index (χ0n) is 7.75. The van der Waals surface area contributed by atoms with Gasteiger partial charge in [-0.3, -0.25) is 4.99 Å². The number of nitrogens with two attached hydrogens (primary N) is 1. The fraction of sp³-hybridized carbons (Fsp3) is 0.889. The highest BCUT2D eigenvalue weighted by Gasteiger charge is 2.14. The Labute approximate surface area is 74.0 Å². The summed E-state index contributed by atoms with van der Waals surface area (Å²) in [6, 6.07) is 0. The molecule has 1 saturated heterocycles. The van der Waals surface area contributed by atoms with Gasteiger partial charge in [-0.05, 0) is 18.8 Å². The number of hydrogen-bond acceptors (Lipinski definition) is 2. The van der Waals surface area contributed by atoms with Crippen molar-refractivity contribution in [2.45, 2.75) is 26.2 Å². The number of rotatable bonds is 4. The maximum atomic E-state index is 5.58. The van der Waals surface area contributed by atoms with Crippen LogP contribution in [0.2, 0.25) is 0 Å². The Morgan fingerprint density at radius 1 is 1.67 bits per heavy atom. The van der Waals surface area contributed by atoms with Gasteiger partial charge in [0.1, 0.15) is 0 Å². The molecule has 1 fully saturated rings. The summed E-state index contributed by atoms with van der Waals surface area (Å²) in [5, 5.41) is 0. The minimum Gasteiger partial charge on any atom is -0.387 e. The molecule has 0 radical (unpaired) electrons. The molecule has 1 atom stereocenters. The molecular formula is C9H18N2O. The van der Waals surface area contributed by atoms with Gasteiger partial charge < -0.3 is 10.5 Å². The molecular weight excluding hydrogens is 152 g/mol. The standard InChI is InChI=1S/C9H18N2O/c1-2-9(10)11-5-3-8-4-6-12-7-8/h8H,2-7H2,1H3,(H2,10,11). The summed E-state index contributed by atoms with van der Waals surface area (Å²) in [5.74, 6) is 1.49. The van der Waals surface area contributed by atoms with Crippen LogP contribution in [0.3, 0.4) is 0 Å². The lowest BCUT2D eigenvalue weighted by Crippen LogP contribution is -2.11. The first-order valence-electron chi connectivity index (χ1n) is 4.69. The smallest absolute Gasteiger partial charge is 0.0934 e. The van der Waals surface area contributed by atoms with Crippen LogP contribution < -0.4 is 5.73 Å². The van der Waals surface area contributed by atoms with E-state index in [1.807, 2.05) is 6.92 Å². The summed E-state index contributed by atoms with van der Waals surface area (Å²) in [6.07, 6.45) is 3.18. The van der Waals surface area contributed by atoms with Crippen LogP contribution in [0.5, 0.6) is 0 Å². The van der Waals surface area contributed by atoms with Crippen molar-refractivity contribution in [1.29, 1.82) is 0 Å². The molecule has 12 heavy (non-hydrogen) atoms. The zero-order valence-corrected chi connectivity index (χ0v) is 7.75. The summed E-state index contributed by atoms with van der Waals surface area (Å²) < 4.78 is 5.26. The van der Waals surface area contributed by atoms with E-state index in [0.29, 0.717) is 0 Å². The van der Waals surface area contributed by atoms with Crippen LogP contribution in [0.25, 0.3) is 0 Å². The highest BCUT2D eigenvalue weighted by Crippen LogP contribution is 2.15. The average molecular weight is 170 g/mol. The summed E-state index contributed by atoms with van der Waals surface area (Å²) >= 11 is 0. The molecule has 0 saturated carbocycles. The van der Waals surface area contributed by atoms with Gasteiger partial charge in [-0.2, -0.15) is 0 Å². The maximum Gasteiger partial charge on any atom is 0.0934 e. The first-order chi connectivity index (χ1) is 5.83. The van der Waals surface area contributed by atoms with E-state index in [9.17, 15) is 0 Å². The number of amidine groups is 1. The van der Waals surface area contributed by atoms with Gasteiger partial charge >= 0.3 is 0 Å². The monoisotopic (exact) mass is 170 g/mol. The minimum atomic E-state index is 0.721. The van der Waals surface area contributed by atoms with Gasteiger partial charge in [0.15, 0.2) is 0 Å². The van der Waals surface area contributed by atoms with E-state index in [2.05, 4.69) is 4.99 Å². The van der Waals surface area contributed by atoms with Gasteiger partial charge in [-0.1, -0.05) is 6.92 Å². The van der Waals surface area contributed by atoms with Crippen LogP contribution in [0.15, 0.2) is 4.99 Å². The van der Waals surface area contributed by atoms with Crippen molar-refractivity contribution in [2.75, 3.05) is 19.8 Å². The second kappa shape index (κ2) is 5.14. The average Bonchev–Trinajstić information content (AvgIpc) is 2.57. The molecule has 0 aromatic carbocycles. The van der Waals surface area contributed by atoms with Gasteiger partial charge in [0.25, 0.3) is 0 Å². The lowest BCUT2D eigenvalue weighted by Gasteiger charge is -2.03. The molecule has 1 heterocycles. The Hall–Kier alpha value is -0.570. The lowest BCUT2D eigenvalue weighted by molar-refractivity contribution is 0.184. The van der Waals surface area contributed by atoms with E-state index >= 15 is 0 Å². The number of nitrogens with zero attached hydrogens (tertiary/aromatic N) is 1. The molecule has 3 heteroatoms. The van der Waals surface area contributed by atoms with E-state index in [1.165, 1.54) is 6.42 Å². The molecule has 1 rings (SSSR count). The van der Waals surface area contributed by atoms with Crippen LogP contribution in [0.4, 0.5) is 0 Å². The predicted octanol–water partition coefficient (Wildman–Crippen LogP) is 1.18. The number of ether oxygens (including phenoxy) is 1. The molecule has 1 aliphatic heterocycles. The van der Waals surface area contributed by atoms with Crippen LogP contribution in [0.1, 0.15) is 26.2 Å². The zero-order chi connectivity index (χ0) is 8.81. The summed E-state index contributed by atoms with van der Waals surface area (Å²) in [5.41, 5.74) is 5.58. The molecule has 2 N–H and O–H groups in total. The van der Waals surface area contributed by atoms with E-state index in [4.69, 9.17) is 10.5 Å². The first-order valence-corrected chi connectivity index (χ1v) is 4.69. The number of hydrogen-bond donors (Lipinski definition) is 1. The quantitative estimate of drug-likeness (QED) is 0.508. The van der Waals surface area contributed by atoms with Crippen molar-refractivity contribution in [3.05, 3.63) is 0 Å². The van der Waals surface area contributed by atoms with E-state index in [-0.39, 0.29) is 0 Å². The van der Waals surface area contributed by atoms with Crippen molar-refractivity contribution < 1.29 is 4.74 Å². The Kier molecular flexibility index (Phi) is 4.08. The van der Waals surface area contributed by atoms with Crippen molar-refractivity contribution in [2.24, 2.45) is 16.6 Å². The molecule has 1 unspecified atom stereocenters. The molecule has 70 valence electrons. The summed E-state index contributed by atoms with van der Waals surface area (Å²) in [7, 11) is 0. The third-order valence-corrected chi connectivity index (χ3v) is 2.24. The SMILES string of the molecule is CCC(N)=NCCC1CCOC1. The van der Waals surface area contributed by atoms with E-state index in [0.717, 1.165) is 44.4 Å². The molecule has 3 nitrogen and oxygen atoms in total. The normalized spacial score (nSPS) is 24.8. The molecule has 1 aliphatic rings. The highest BCUT2D eigenvalue weighted by atomic mass is 16.5. The fourth-order valence-electron chi connectivity index (χ4n) is 1.31. The molecule has 0 bridgehead atoms. The fourth-order valence-corrected chi connectivity index (χ4v) is 1.31. The predicted molar refractivity (Wildman–Crippen MR) is 50.3 cm³/mol. The first kappa shape index (κ1) is 9.52. The third kappa shape index (κ3) is 3.22. The van der Waals surface area contributed by atoms with Crippen molar-refractivity contribution in [3.8, 4) is 0 Å². The third-order valence-electron chi connectivity index (χ3n) is 2.24. The minimum absolute atomic E-state index is 0.721. The summed E-state index contributed by atoms with van der Waals surface area (Å²) in [6.45, 7) is 4.74. The highest BCUT2D eigenvalue weighted by molar-refractivity contribution is 5.79. The molecule has 0 amide bonds. The van der Waals surface area contributed by atoms with Gasteiger partial charge in [0.2, 0.25) is 0 Å². The Morgan fingerprint density at radius 2 is 2.50 bits per heavy atom. The van der Waals surface area contributed by atoms with Gasteiger partial charge in [-0.15, -0.1) is 0 Å². The Morgan fingerprint density at radius 3 is 3.08 bits per heavy atom. The van der Waals surface area contributed by atoms with Crippen molar-refractivity contribution >= 4 is 5.84 Å². The summed E-state index contributed by atoms with van der Waals surface area (Å²) in [4.78, 5) is 4.24. The van der Waals surface area contributed by atoms with E-state index in [1.54, 1.807) is 0 Å². The second-order valence-corrected chi connectivity index (χ2v) is 3.24. The van der Waals surface area contributed by atoms with Gasteiger partial charge in [0, 0.05) is 26.2 Å². The molecule has 0 aromatic heterocycles. The molecule has 0 spiro atoms.